The first-order chi connectivity index (χ1) is 8.47. The average molecular weight is 253 g/mol. The Bertz CT molecular complexity index is 362. The van der Waals surface area contributed by atoms with E-state index in [4.69, 9.17) is 9.57 Å². The van der Waals surface area contributed by atoms with E-state index in [1.54, 1.807) is 0 Å². The third-order valence-corrected chi connectivity index (χ3v) is 3.76. The van der Waals surface area contributed by atoms with Gasteiger partial charge in [-0.05, 0) is 24.7 Å². The fourth-order valence-corrected chi connectivity index (χ4v) is 2.82. The second kappa shape index (κ2) is 4.90. The molecule has 0 spiro atoms. The Hall–Kier alpha value is -1.06. The predicted molar refractivity (Wildman–Crippen MR) is 69.2 cm³/mol. The highest BCUT2D eigenvalue weighted by molar-refractivity contribution is 5.97. The molecule has 4 nitrogen and oxygen atoms in total. The van der Waals surface area contributed by atoms with Crippen molar-refractivity contribution in [3.63, 3.8) is 0 Å². The molecule has 1 saturated carbocycles. The van der Waals surface area contributed by atoms with Gasteiger partial charge in [0.1, 0.15) is 0 Å². The van der Waals surface area contributed by atoms with Gasteiger partial charge in [0.25, 0.3) is 0 Å². The third kappa shape index (κ3) is 2.13. The standard InChI is InChI=1S/C14H23NO3/c1-9(2)8-17-13(16)14-7-5-6-11(14)12(10(3)4)15-18-14/h9-11H,5-8H2,1-4H3. The van der Waals surface area contributed by atoms with Crippen molar-refractivity contribution in [2.24, 2.45) is 22.9 Å². The van der Waals surface area contributed by atoms with Gasteiger partial charge in [0.15, 0.2) is 0 Å². The Balaban J connectivity index is 2.10. The molecule has 1 fully saturated rings. The highest BCUT2D eigenvalue weighted by atomic mass is 16.7. The van der Waals surface area contributed by atoms with Crippen molar-refractivity contribution < 1.29 is 14.4 Å². The van der Waals surface area contributed by atoms with E-state index >= 15 is 0 Å². The molecule has 0 aromatic rings. The van der Waals surface area contributed by atoms with Crippen LogP contribution in [0.2, 0.25) is 0 Å². The van der Waals surface area contributed by atoms with Gasteiger partial charge in [-0.15, -0.1) is 0 Å². The summed E-state index contributed by atoms with van der Waals surface area (Å²) in [5, 5.41) is 4.16. The maximum absolute atomic E-state index is 12.3. The molecule has 2 aliphatic rings. The van der Waals surface area contributed by atoms with Gasteiger partial charge in [-0.1, -0.05) is 32.9 Å². The van der Waals surface area contributed by atoms with Gasteiger partial charge in [0.2, 0.25) is 5.60 Å². The van der Waals surface area contributed by atoms with Crippen molar-refractivity contribution in [2.75, 3.05) is 6.61 Å². The van der Waals surface area contributed by atoms with E-state index in [2.05, 4.69) is 19.0 Å². The molecule has 0 aromatic carbocycles. The van der Waals surface area contributed by atoms with Gasteiger partial charge in [0.05, 0.1) is 18.2 Å². The normalized spacial score (nSPS) is 30.3. The lowest BCUT2D eigenvalue weighted by atomic mass is 9.83. The smallest absolute Gasteiger partial charge is 0.354 e. The largest absolute Gasteiger partial charge is 0.462 e. The van der Waals surface area contributed by atoms with Crippen LogP contribution in [-0.2, 0) is 14.4 Å². The summed E-state index contributed by atoms with van der Waals surface area (Å²) < 4.78 is 5.38. The second-order valence-electron chi connectivity index (χ2n) is 6.09. The number of rotatable bonds is 4. The summed E-state index contributed by atoms with van der Waals surface area (Å²) in [5.74, 6) is 0.570. The van der Waals surface area contributed by atoms with Crippen LogP contribution in [0.1, 0.15) is 47.0 Å². The van der Waals surface area contributed by atoms with Crippen molar-refractivity contribution in [3.05, 3.63) is 0 Å². The summed E-state index contributed by atoms with van der Waals surface area (Å²) in [6.07, 6.45) is 2.72. The summed E-state index contributed by atoms with van der Waals surface area (Å²) in [5.41, 5.74) is 0.211. The number of fused-ring (bicyclic) bond motifs is 1. The van der Waals surface area contributed by atoms with Gasteiger partial charge < -0.3 is 9.57 Å². The maximum atomic E-state index is 12.3. The van der Waals surface area contributed by atoms with Crippen molar-refractivity contribution in [3.8, 4) is 0 Å². The van der Waals surface area contributed by atoms with E-state index in [9.17, 15) is 4.79 Å². The van der Waals surface area contributed by atoms with Crippen LogP contribution in [-0.4, -0.2) is 23.9 Å². The monoisotopic (exact) mass is 253 g/mol. The van der Waals surface area contributed by atoms with Crippen LogP contribution in [0.15, 0.2) is 5.16 Å². The zero-order valence-corrected chi connectivity index (χ0v) is 11.7. The van der Waals surface area contributed by atoms with Gasteiger partial charge in [-0.3, -0.25) is 0 Å². The second-order valence-corrected chi connectivity index (χ2v) is 6.09. The van der Waals surface area contributed by atoms with Gasteiger partial charge in [0, 0.05) is 6.42 Å². The first-order valence-electron chi connectivity index (χ1n) is 6.90. The Morgan fingerprint density at radius 2 is 2.22 bits per heavy atom. The van der Waals surface area contributed by atoms with Crippen LogP contribution in [0.3, 0.4) is 0 Å². The van der Waals surface area contributed by atoms with Crippen LogP contribution >= 0.6 is 0 Å². The highest BCUT2D eigenvalue weighted by Crippen LogP contribution is 2.46. The number of ether oxygens (including phenoxy) is 1. The number of oxime groups is 1. The Morgan fingerprint density at radius 1 is 1.50 bits per heavy atom. The van der Waals surface area contributed by atoms with Crippen LogP contribution in [0, 0.1) is 17.8 Å². The van der Waals surface area contributed by atoms with Crippen molar-refractivity contribution >= 4 is 11.7 Å². The van der Waals surface area contributed by atoms with Crippen molar-refractivity contribution in [2.45, 2.75) is 52.6 Å². The zero-order valence-electron chi connectivity index (χ0n) is 11.7. The maximum Gasteiger partial charge on any atom is 0.354 e. The molecule has 102 valence electrons. The number of hydrogen-bond donors (Lipinski definition) is 0. The SMILES string of the molecule is CC(C)COC(=O)C12CCCC1C(C(C)C)=NO2. The summed E-state index contributed by atoms with van der Waals surface area (Å²) in [6, 6.07) is 0. The van der Waals surface area contributed by atoms with E-state index in [-0.39, 0.29) is 11.9 Å². The number of hydrogen-bond acceptors (Lipinski definition) is 4. The minimum atomic E-state index is -0.811. The fourth-order valence-electron chi connectivity index (χ4n) is 2.82. The molecule has 4 heteroatoms. The molecule has 1 aliphatic heterocycles. The molecule has 0 radical (unpaired) electrons. The zero-order chi connectivity index (χ0) is 13.3. The summed E-state index contributed by atoms with van der Waals surface area (Å²) in [7, 11) is 0. The molecule has 18 heavy (non-hydrogen) atoms. The first-order valence-corrected chi connectivity index (χ1v) is 6.90. The third-order valence-electron chi connectivity index (χ3n) is 3.76. The fraction of sp³-hybridized carbons (Fsp3) is 0.857. The number of esters is 1. The summed E-state index contributed by atoms with van der Waals surface area (Å²) in [4.78, 5) is 17.8. The summed E-state index contributed by atoms with van der Waals surface area (Å²) >= 11 is 0. The molecular weight excluding hydrogens is 230 g/mol. The lowest BCUT2D eigenvalue weighted by Crippen LogP contribution is -2.45. The minimum absolute atomic E-state index is 0.122. The lowest BCUT2D eigenvalue weighted by molar-refractivity contribution is -0.173. The molecule has 0 N–H and O–H groups in total. The van der Waals surface area contributed by atoms with Crippen LogP contribution in [0.5, 0.6) is 0 Å². The average Bonchev–Trinajstić information content (AvgIpc) is 2.83. The molecule has 1 aliphatic carbocycles. The predicted octanol–water partition coefficient (Wildman–Crippen LogP) is 2.77. The van der Waals surface area contributed by atoms with Crippen LogP contribution < -0.4 is 0 Å². The number of carbonyl (C=O) groups excluding carboxylic acids is 1. The van der Waals surface area contributed by atoms with Gasteiger partial charge >= 0.3 is 5.97 Å². The molecule has 0 aromatic heterocycles. The molecule has 2 unspecified atom stereocenters. The molecule has 2 rings (SSSR count). The molecule has 1 heterocycles. The summed E-state index contributed by atoms with van der Waals surface area (Å²) in [6.45, 7) is 8.70. The van der Waals surface area contributed by atoms with Crippen molar-refractivity contribution in [1.29, 1.82) is 0 Å². The highest BCUT2D eigenvalue weighted by Gasteiger charge is 2.59. The van der Waals surface area contributed by atoms with E-state index in [0.717, 1.165) is 25.0 Å². The van der Waals surface area contributed by atoms with Crippen LogP contribution in [0.4, 0.5) is 0 Å². The molecule has 0 saturated heterocycles. The Labute approximate surface area is 109 Å². The Kier molecular flexibility index (Phi) is 3.64. The van der Waals surface area contributed by atoms with E-state index in [0.29, 0.717) is 18.4 Å². The Morgan fingerprint density at radius 3 is 2.83 bits per heavy atom. The molecule has 0 amide bonds. The molecule has 0 bridgehead atoms. The quantitative estimate of drug-likeness (QED) is 0.724. The van der Waals surface area contributed by atoms with Crippen LogP contribution in [0.25, 0.3) is 0 Å². The van der Waals surface area contributed by atoms with Gasteiger partial charge in [-0.2, -0.15) is 0 Å². The minimum Gasteiger partial charge on any atom is -0.462 e. The number of carbonyl (C=O) groups is 1. The molecular formula is C14H23NO3. The molecule has 2 atom stereocenters. The number of nitrogens with zero attached hydrogens (tertiary/aromatic N) is 1. The van der Waals surface area contributed by atoms with Gasteiger partial charge in [-0.25, -0.2) is 4.79 Å². The van der Waals surface area contributed by atoms with E-state index in [1.807, 2.05) is 13.8 Å². The first kappa shape index (κ1) is 13.4. The van der Waals surface area contributed by atoms with Crippen molar-refractivity contribution in [1.82, 2.24) is 0 Å². The van der Waals surface area contributed by atoms with E-state index in [1.165, 1.54) is 0 Å². The lowest BCUT2D eigenvalue weighted by Gasteiger charge is -2.25. The topological polar surface area (TPSA) is 47.9 Å². The van der Waals surface area contributed by atoms with E-state index < -0.39 is 5.60 Å².